The van der Waals surface area contributed by atoms with E-state index in [1.807, 2.05) is 0 Å². The summed E-state index contributed by atoms with van der Waals surface area (Å²) in [6, 6.07) is 3.40. The molecule has 108 valence electrons. The fraction of sp³-hybridized carbons (Fsp3) is 0.308. The quantitative estimate of drug-likeness (QED) is 0.590. The molecule has 0 heterocycles. The molecule has 0 aliphatic heterocycles. The lowest BCUT2D eigenvalue weighted by Gasteiger charge is -2.06. The summed E-state index contributed by atoms with van der Waals surface area (Å²) in [5.41, 5.74) is 4.68. The summed E-state index contributed by atoms with van der Waals surface area (Å²) in [7, 11) is 0. The first kappa shape index (κ1) is 15.6. The van der Waals surface area contributed by atoms with Crippen LogP contribution in [0.2, 0.25) is 0 Å². The zero-order valence-corrected chi connectivity index (χ0v) is 10.8. The van der Waals surface area contributed by atoms with Gasteiger partial charge < -0.3 is 15.2 Å². The summed E-state index contributed by atoms with van der Waals surface area (Å²) < 4.78 is 23.0. The highest BCUT2D eigenvalue weighted by atomic mass is 19.1. The summed E-state index contributed by atoms with van der Waals surface area (Å²) >= 11 is 0. The number of ketones is 1. The Hall–Kier alpha value is -2.44. The molecule has 2 N–H and O–H groups in total. The molecule has 0 aliphatic carbocycles. The van der Waals surface area contributed by atoms with Gasteiger partial charge in [0.05, 0.1) is 12.2 Å². The molecule has 7 heteroatoms. The maximum Gasteiger partial charge on any atom is 0.313 e. The molecular formula is C13H14FNO5. The minimum Gasteiger partial charge on any atom is -0.486 e. The number of hydrogen-bond acceptors (Lipinski definition) is 5. The van der Waals surface area contributed by atoms with Gasteiger partial charge in [0, 0.05) is 6.07 Å². The molecule has 6 nitrogen and oxygen atoms in total. The average molecular weight is 283 g/mol. The molecular weight excluding hydrogens is 269 g/mol. The monoisotopic (exact) mass is 283 g/mol. The highest BCUT2D eigenvalue weighted by Gasteiger charge is 2.13. The minimum atomic E-state index is -0.896. The van der Waals surface area contributed by atoms with Crippen LogP contribution in [0.3, 0.4) is 0 Å². The fourth-order valence-corrected chi connectivity index (χ4v) is 1.37. The molecule has 0 aliphatic rings. The largest absolute Gasteiger partial charge is 0.486 e. The molecule has 1 aromatic rings. The van der Waals surface area contributed by atoms with Crippen molar-refractivity contribution in [2.45, 2.75) is 13.3 Å². The Morgan fingerprint density at radius 3 is 2.55 bits per heavy atom. The third kappa shape index (κ3) is 4.68. The van der Waals surface area contributed by atoms with Crippen molar-refractivity contribution in [3.8, 4) is 5.75 Å². The first-order valence-corrected chi connectivity index (χ1v) is 5.83. The predicted octanol–water partition coefficient (Wildman–Crippen LogP) is 0.826. The first-order valence-electron chi connectivity index (χ1n) is 5.83. The van der Waals surface area contributed by atoms with Crippen molar-refractivity contribution in [2.75, 3.05) is 13.2 Å². The zero-order chi connectivity index (χ0) is 15.1. The van der Waals surface area contributed by atoms with Crippen molar-refractivity contribution < 1.29 is 28.2 Å². The van der Waals surface area contributed by atoms with Gasteiger partial charge in [-0.05, 0) is 19.1 Å². The summed E-state index contributed by atoms with van der Waals surface area (Å²) in [6.45, 7) is 1.42. The topological polar surface area (TPSA) is 95.7 Å². The van der Waals surface area contributed by atoms with Gasteiger partial charge in [-0.1, -0.05) is 0 Å². The van der Waals surface area contributed by atoms with Gasteiger partial charge in [0.2, 0.25) is 0 Å². The molecule has 20 heavy (non-hydrogen) atoms. The van der Waals surface area contributed by atoms with Gasteiger partial charge in [-0.2, -0.15) is 0 Å². The Bertz CT molecular complexity index is 529. The highest BCUT2D eigenvalue weighted by molar-refractivity contribution is 5.96. The van der Waals surface area contributed by atoms with Crippen LogP contribution in [0.1, 0.15) is 23.7 Å². The molecule has 0 spiro atoms. The SMILES string of the molecule is CCOC(=O)CC(=O)COc1ccc(C(N)=O)c(F)c1. The van der Waals surface area contributed by atoms with E-state index >= 15 is 0 Å². The molecule has 1 amide bonds. The van der Waals surface area contributed by atoms with E-state index in [9.17, 15) is 18.8 Å². The van der Waals surface area contributed by atoms with Crippen LogP contribution in [0, 0.1) is 5.82 Å². The maximum absolute atomic E-state index is 13.4. The molecule has 1 aromatic carbocycles. The number of rotatable bonds is 7. The Kier molecular flexibility index (Phi) is 5.64. The second kappa shape index (κ2) is 7.22. The van der Waals surface area contributed by atoms with Crippen LogP contribution in [0.15, 0.2) is 18.2 Å². The van der Waals surface area contributed by atoms with E-state index < -0.39 is 36.5 Å². The van der Waals surface area contributed by atoms with Crippen LogP contribution in [0.5, 0.6) is 5.75 Å². The number of carbonyl (C=O) groups is 3. The lowest BCUT2D eigenvalue weighted by atomic mass is 10.2. The van der Waals surface area contributed by atoms with Crippen LogP contribution >= 0.6 is 0 Å². The van der Waals surface area contributed by atoms with Gasteiger partial charge in [0.25, 0.3) is 5.91 Å². The van der Waals surface area contributed by atoms with Crippen molar-refractivity contribution in [2.24, 2.45) is 5.73 Å². The van der Waals surface area contributed by atoms with Crippen LogP contribution < -0.4 is 10.5 Å². The van der Waals surface area contributed by atoms with Crippen LogP contribution in [-0.4, -0.2) is 30.9 Å². The van der Waals surface area contributed by atoms with Gasteiger partial charge in [-0.3, -0.25) is 14.4 Å². The number of Topliss-reactive ketones (excluding diaryl/α,β-unsaturated/α-hetero) is 1. The van der Waals surface area contributed by atoms with Gasteiger partial charge in [-0.25, -0.2) is 4.39 Å². The van der Waals surface area contributed by atoms with Crippen LogP contribution in [0.4, 0.5) is 4.39 Å². The molecule has 1 rings (SSSR count). The van der Waals surface area contributed by atoms with Gasteiger partial charge in [-0.15, -0.1) is 0 Å². The highest BCUT2D eigenvalue weighted by Crippen LogP contribution is 2.16. The minimum absolute atomic E-state index is 0.0599. The number of esters is 1. The van der Waals surface area contributed by atoms with E-state index in [0.717, 1.165) is 12.1 Å². The van der Waals surface area contributed by atoms with E-state index in [2.05, 4.69) is 4.74 Å². The number of primary amides is 1. The number of carbonyl (C=O) groups excluding carboxylic acids is 3. The predicted molar refractivity (Wildman–Crippen MR) is 66.7 cm³/mol. The van der Waals surface area contributed by atoms with E-state index in [1.54, 1.807) is 6.92 Å². The van der Waals surface area contributed by atoms with Gasteiger partial charge in [0.1, 0.15) is 24.6 Å². The van der Waals surface area contributed by atoms with Crippen molar-refractivity contribution in [1.29, 1.82) is 0 Å². The summed E-state index contributed by atoms with van der Waals surface area (Å²) in [4.78, 5) is 33.2. The number of halogens is 1. The second-order valence-electron chi connectivity index (χ2n) is 3.82. The molecule has 0 saturated carbocycles. The first-order chi connectivity index (χ1) is 9.43. The van der Waals surface area contributed by atoms with E-state index in [0.29, 0.717) is 0 Å². The Balaban J connectivity index is 2.54. The number of amides is 1. The normalized spacial score (nSPS) is 9.90. The summed E-state index contributed by atoms with van der Waals surface area (Å²) in [5.74, 6) is -2.82. The standard InChI is InChI=1S/C13H14FNO5/c1-2-19-12(17)5-8(16)7-20-9-3-4-10(13(15)18)11(14)6-9/h3-4,6H,2,5,7H2,1H3,(H2,15,18). The van der Waals surface area contributed by atoms with Crippen LogP contribution in [-0.2, 0) is 14.3 Å². The van der Waals surface area contributed by atoms with Crippen LogP contribution in [0.25, 0.3) is 0 Å². The van der Waals surface area contributed by atoms with E-state index in [1.165, 1.54) is 6.07 Å². The molecule has 0 saturated heterocycles. The molecule has 0 fully saturated rings. The van der Waals surface area contributed by atoms with Crippen molar-refractivity contribution in [3.05, 3.63) is 29.6 Å². The van der Waals surface area contributed by atoms with Gasteiger partial charge >= 0.3 is 5.97 Å². The van der Waals surface area contributed by atoms with Crippen molar-refractivity contribution >= 4 is 17.7 Å². The molecule has 0 atom stereocenters. The lowest BCUT2D eigenvalue weighted by molar-refractivity contribution is -0.145. The Labute approximate surface area is 114 Å². The van der Waals surface area contributed by atoms with Crippen molar-refractivity contribution in [1.82, 2.24) is 0 Å². The number of benzene rings is 1. The van der Waals surface area contributed by atoms with Gasteiger partial charge in [0.15, 0.2) is 5.78 Å². The number of nitrogens with two attached hydrogens (primary N) is 1. The second-order valence-corrected chi connectivity index (χ2v) is 3.82. The molecule has 0 radical (unpaired) electrons. The molecule has 0 aromatic heterocycles. The van der Waals surface area contributed by atoms with E-state index in [-0.39, 0.29) is 17.9 Å². The molecule has 0 unspecified atom stereocenters. The average Bonchev–Trinajstić information content (AvgIpc) is 2.36. The fourth-order valence-electron chi connectivity index (χ4n) is 1.37. The lowest BCUT2D eigenvalue weighted by Crippen LogP contribution is -2.18. The summed E-state index contributed by atoms with van der Waals surface area (Å²) in [6.07, 6.45) is -0.407. The molecule has 0 bridgehead atoms. The van der Waals surface area contributed by atoms with E-state index in [4.69, 9.17) is 10.5 Å². The third-order valence-corrected chi connectivity index (χ3v) is 2.25. The number of ether oxygens (including phenoxy) is 2. The Morgan fingerprint density at radius 2 is 2.00 bits per heavy atom. The number of hydrogen-bond donors (Lipinski definition) is 1. The maximum atomic E-state index is 13.4. The van der Waals surface area contributed by atoms with Crippen molar-refractivity contribution in [3.63, 3.8) is 0 Å². The Morgan fingerprint density at radius 1 is 1.30 bits per heavy atom. The smallest absolute Gasteiger partial charge is 0.313 e. The summed E-state index contributed by atoms with van der Waals surface area (Å²) in [5, 5.41) is 0. The zero-order valence-electron chi connectivity index (χ0n) is 10.8. The third-order valence-electron chi connectivity index (χ3n) is 2.25.